The zero-order valence-electron chi connectivity index (χ0n) is 4.31. The SMILES string of the molecule is ClC(Cl)(Cl)c1nnc(Br)s1. The molecule has 0 spiro atoms. The van der Waals surface area contributed by atoms with Gasteiger partial charge in [0.15, 0.2) is 8.92 Å². The monoisotopic (exact) mass is 280 g/mol. The van der Waals surface area contributed by atoms with Gasteiger partial charge in [-0.05, 0) is 15.9 Å². The second-order valence-electron chi connectivity index (χ2n) is 1.36. The molecule has 56 valence electrons. The van der Waals surface area contributed by atoms with Crippen LogP contribution in [-0.4, -0.2) is 10.2 Å². The Morgan fingerprint density at radius 3 is 2.10 bits per heavy atom. The van der Waals surface area contributed by atoms with Gasteiger partial charge in [0.2, 0.25) is 3.79 Å². The number of aromatic nitrogens is 2. The minimum absolute atomic E-state index is 0.365. The van der Waals surface area contributed by atoms with E-state index in [9.17, 15) is 0 Å². The molecule has 0 unspecified atom stereocenters. The lowest BCUT2D eigenvalue weighted by Crippen LogP contribution is -1.98. The Morgan fingerprint density at radius 1 is 1.30 bits per heavy atom. The van der Waals surface area contributed by atoms with Gasteiger partial charge >= 0.3 is 0 Å². The summed E-state index contributed by atoms with van der Waals surface area (Å²) in [5.74, 6) is 0. The van der Waals surface area contributed by atoms with E-state index in [1.165, 1.54) is 11.3 Å². The van der Waals surface area contributed by atoms with Gasteiger partial charge in [-0.15, -0.1) is 10.2 Å². The zero-order chi connectivity index (χ0) is 7.78. The van der Waals surface area contributed by atoms with Crippen LogP contribution in [0, 0.1) is 0 Å². The van der Waals surface area contributed by atoms with Crippen LogP contribution >= 0.6 is 62.1 Å². The molecule has 1 aromatic rings. The molecule has 1 aromatic heterocycles. The molecule has 0 saturated carbocycles. The van der Waals surface area contributed by atoms with Gasteiger partial charge in [0.05, 0.1) is 0 Å². The molecule has 0 fully saturated rings. The van der Waals surface area contributed by atoms with Gasteiger partial charge in [0.1, 0.15) is 0 Å². The van der Waals surface area contributed by atoms with Crippen molar-refractivity contribution in [2.75, 3.05) is 0 Å². The Bertz CT molecular complexity index is 232. The second kappa shape index (κ2) is 3.11. The average Bonchev–Trinajstić information content (AvgIpc) is 2.11. The highest BCUT2D eigenvalue weighted by atomic mass is 79.9. The molecule has 0 bridgehead atoms. The quantitative estimate of drug-likeness (QED) is 0.683. The molecule has 0 amide bonds. The summed E-state index contributed by atoms with van der Waals surface area (Å²) < 4.78 is -0.849. The van der Waals surface area contributed by atoms with Gasteiger partial charge in [-0.1, -0.05) is 46.1 Å². The van der Waals surface area contributed by atoms with Crippen molar-refractivity contribution < 1.29 is 0 Å². The molecular weight excluding hydrogens is 282 g/mol. The molecule has 0 aliphatic rings. The van der Waals surface area contributed by atoms with Crippen LogP contribution in [0.25, 0.3) is 0 Å². The highest BCUT2D eigenvalue weighted by molar-refractivity contribution is 9.11. The van der Waals surface area contributed by atoms with E-state index in [1.54, 1.807) is 0 Å². The summed E-state index contributed by atoms with van der Waals surface area (Å²) in [6.45, 7) is 0. The maximum absolute atomic E-state index is 5.49. The highest BCUT2D eigenvalue weighted by Crippen LogP contribution is 2.40. The Morgan fingerprint density at radius 2 is 1.90 bits per heavy atom. The second-order valence-corrected chi connectivity index (χ2v) is 5.89. The van der Waals surface area contributed by atoms with E-state index >= 15 is 0 Å². The maximum Gasteiger partial charge on any atom is 0.243 e. The van der Waals surface area contributed by atoms with Gasteiger partial charge in [-0.3, -0.25) is 0 Å². The number of nitrogens with zero attached hydrogens (tertiary/aromatic N) is 2. The van der Waals surface area contributed by atoms with E-state index in [0.717, 1.165) is 0 Å². The van der Waals surface area contributed by atoms with Crippen molar-refractivity contribution in [3.63, 3.8) is 0 Å². The number of hydrogen-bond acceptors (Lipinski definition) is 3. The largest absolute Gasteiger partial charge is 0.243 e. The Balaban J connectivity index is 2.96. The van der Waals surface area contributed by atoms with Gasteiger partial charge in [-0.25, -0.2) is 0 Å². The van der Waals surface area contributed by atoms with Crippen LogP contribution in [-0.2, 0) is 3.79 Å². The van der Waals surface area contributed by atoms with E-state index in [-0.39, 0.29) is 0 Å². The third-order valence-electron chi connectivity index (χ3n) is 0.643. The smallest absolute Gasteiger partial charge is 0.138 e. The predicted octanol–water partition coefficient (Wildman–Crippen LogP) is 3.13. The molecular formula is C3BrCl3N2S. The lowest BCUT2D eigenvalue weighted by atomic mass is 10.8. The molecule has 0 aromatic carbocycles. The normalized spacial score (nSPS) is 12.0. The summed E-state index contributed by atoms with van der Waals surface area (Å²) in [7, 11) is 0. The predicted molar refractivity (Wildman–Crippen MR) is 46.8 cm³/mol. The fourth-order valence-corrected chi connectivity index (χ4v) is 1.76. The Kier molecular flexibility index (Phi) is 2.80. The van der Waals surface area contributed by atoms with Crippen LogP contribution in [0.3, 0.4) is 0 Å². The molecule has 0 atom stereocenters. The van der Waals surface area contributed by atoms with Crippen LogP contribution in [0.15, 0.2) is 3.92 Å². The molecule has 7 heteroatoms. The van der Waals surface area contributed by atoms with Gasteiger partial charge in [-0.2, -0.15) is 0 Å². The van der Waals surface area contributed by atoms with Crippen LogP contribution in [0.1, 0.15) is 5.01 Å². The molecule has 1 heterocycles. The van der Waals surface area contributed by atoms with E-state index in [0.29, 0.717) is 8.92 Å². The van der Waals surface area contributed by atoms with Crippen LogP contribution in [0.4, 0.5) is 0 Å². The fraction of sp³-hybridized carbons (Fsp3) is 0.333. The first-order valence-electron chi connectivity index (χ1n) is 2.06. The third-order valence-corrected chi connectivity index (χ3v) is 2.99. The van der Waals surface area contributed by atoms with Crippen molar-refractivity contribution in [1.82, 2.24) is 10.2 Å². The molecule has 0 aliphatic heterocycles. The molecule has 0 radical (unpaired) electrons. The van der Waals surface area contributed by atoms with Crippen LogP contribution < -0.4 is 0 Å². The van der Waals surface area contributed by atoms with Crippen LogP contribution in [0.5, 0.6) is 0 Å². The van der Waals surface area contributed by atoms with Gasteiger partial charge < -0.3 is 0 Å². The first-order valence-corrected chi connectivity index (χ1v) is 4.80. The zero-order valence-corrected chi connectivity index (χ0v) is 8.98. The summed E-state index contributed by atoms with van der Waals surface area (Å²) in [5, 5.41) is 7.59. The minimum Gasteiger partial charge on any atom is -0.138 e. The number of alkyl halides is 3. The summed E-state index contributed by atoms with van der Waals surface area (Å²) in [6, 6.07) is 0. The third kappa shape index (κ3) is 2.20. The number of halogens is 4. The highest BCUT2D eigenvalue weighted by Gasteiger charge is 2.27. The van der Waals surface area contributed by atoms with E-state index in [2.05, 4.69) is 26.1 Å². The van der Waals surface area contributed by atoms with E-state index in [4.69, 9.17) is 34.8 Å². The first kappa shape index (κ1) is 9.00. The first-order chi connectivity index (χ1) is 4.50. The van der Waals surface area contributed by atoms with Crippen molar-refractivity contribution in [3.05, 3.63) is 8.92 Å². The minimum atomic E-state index is -1.45. The van der Waals surface area contributed by atoms with Crippen molar-refractivity contribution in [2.45, 2.75) is 3.79 Å². The lowest BCUT2D eigenvalue weighted by Gasteiger charge is -2.02. The number of rotatable bonds is 0. The van der Waals surface area contributed by atoms with Crippen molar-refractivity contribution >= 4 is 62.1 Å². The molecule has 10 heavy (non-hydrogen) atoms. The molecule has 2 nitrogen and oxygen atoms in total. The Labute approximate surface area is 84.6 Å². The fourth-order valence-electron chi connectivity index (χ4n) is 0.320. The topological polar surface area (TPSA) is 25.8 Å². The number of hydrogen-bond donors (Lipinski definition) is 0. The lowest BCUT2D eigenvalue weighted by molar-refractivity contribution is 0.994. The van der Waals surface area contributed by atoms with Crippen LogP contribution in [0.2, 0.25) is 0 Å². The summed E-state index contributed by atoms with van der Waals surface area (Å²) in [4.78, 5) is 0. The Hall–Kier alpha value is 0.910. The average molecular weight is 282 g/mol. The standard InChI is InChI=1S/C3BrCl3N2S/c4-2-9-8-1(10-2)3(5,6)7. The van der Waals surface area contributed by atoms with Crippen molar-refractivity contribution in [1.29, 1.82) is 0 Å². The summed E-state index contributed by atoms with van der Waals surface area (Å²) >= 11 is 20.8. The van der Waals surface area contributed by atoms with Crippen molar-refractivity contribution in [2.24, 2.45) is 0 Å². The summed E-state index contributed by atoms with van der Waals surface area (Å²) in [5.41, 5.74) is 0. The maximum atomic E-state index is 5.49. The van der Waals surface area contributed by atoms with Gasteiger partial charge in [0.25, 0.3) is 0 Å². The van der Waals surface area contributed by atoms with E-state index < -0.39 is 3.79 Å². The van der Waals surface area contributed by atoms with Gasteiger partial charge in [0, 0.05) is 0 Å². The molecule has 1 rings (SSSR count). The molecule has 0 aliphatic carbocycles. The van der Waals surface area contributed by atoms with E-state index in [1.807, 2.05) is 0 Å². The molecule has 0 saturated heterocycles. The summed E-state index contributed by atoms with van der Waals surface area (Å²) in [6.07, 6.45) is 0. The van der Waals surface area contributed by atoms with Crippen molar-refractivity contribution in [3.8, 4) is 0 Å². The molecule has 0 N–H and O–H groups in total.